The first-order chi connectivity index (χ1) is 10.6. The van der Waals surface area contributed by atoms with E-state index in [9.17, 15) is 9.59 Å². The average molecular weight is 362 g/mol. The number of carbonyl (C=O) groups excluding carboxylic acids is 2. The van der Waals surface area contributed by atoms with Crippen LogP contribution in [0.25, 0.3) is 0 Å². The van der Waals surface area contributed by atoms with Crippen molar-refractivity contribution in [3.63, 3.8) is 0 Å². The van der Waals surface area contributed by atoms with E-state index in [2.05, 4.69) is 31.5 Å². The number of carbonyl (C=O) groups is 2. The lowest BCUT2D eigenvalue weighted by Gasteiger charge is -2.14. The van der Waals surface area contributed by atoms with Crippen LogP contribution in [-0.4, -0.2) is 22.8 Å². The maximum atomic E-state index is 12.1. The molecule has 0 bridgehead atoms. The van der Waals surface area contributed by atoms with Gasteiger partial charge in [0.1, 0.15) is 6.04 Å². The minimum Gasteiger partial charge on any atom is -0.350 e. The monoisotopic (exact) mass is 361 g/mol. The van der Waals surface area contributed by atoms with Crippen molar-refractivity contribution >= 4 is 27.7 Å². The Morgan fingerprint density at radius 3 is 2.77 bits per heavy atom. The van der Waals surface area contributed by atoms with Crippen LogP contribution in [0.5, 0.6) is 0 Å². The fraction of sp³-hybridized carbons (Fsp3) is 0.188. The molecule has 0 unspecified atom stereocenters. The van der Waals surface area contributed by atoms with E-state index in [0.29, 0.717) is 12.1 Å². The molecule has 1 heterocycles. The van der Waals surface area contributed by atoms with E-state index in [1.54, 1.807) is 43.6 Å². The number of nitrogens with zero attached hydrogens (tertiary/aromatic N) is 1. The predicted octanol–water partition coefficient (Wildman–Crippen LogP) is 2.28. The van der Waals surface area contributed by atoms with Crippen LogP contribution >= 0.6 is 15.9 Å². The van der Waals surface area contributed by atoms with Gasteiger partial charge in [-0.2, -0.15) is 0 Å². The van der Waals surface area contributed by atoms with Crippen LogP contribution in [0.15, 0.2) is 53.3 Å². The molecule has 0 aliphatic heterocycles. The zero-order chi connectivity index (χ0) is 15.9. The third-order valence-electron chi connectivity index (χ3n) is 3.02. The Hall–Kier alpha value is -2.21. The summed E-state index contributed by atoms with van der Waals surface area (Å²) in [6, 6.07) is 10.1. The molecule has 1 aromatic carbocycles. The molecule has 0 aliphatic carbocycles. The highest BCUT2D eigenvalue weighted by atomic mass is 79.9. The topological polar surface area (TPSA) is 71.1 Å². The molecule has 1 aromatic heterocycles. The van der Waals surface area contributed by atoms with Gasteiger partial charge in [-0.3, -0.25) is 14.6 Å². The number of amides is 2. The molecular weight excluding hydrogens is 346 g/mol. The predicted molar refractivity (Wildman–Crippen MR) is 87.2 cm³/mol. The SMILES string of the molecule is C[C@H](NC(=O)c1cccc(Br)c1)C(=O)NCc1cccnc1. The van der Waals surface area contributed by atoms with Crippen LogP contribution in [0.3, 0.4) is 0 Å². The number of hydrogen-bond donors (Lipinski definition) is 2. The molecule has 22 heavy (non-hydrogen) atoms. The van der Waals surface area contributed by atoms with E-state index >= 15 is 0 Å². The second kappa shape index (κ2) is 7.70. The summed E-state index contributed by atoms with van der Waals surface area (Å²) in [5.74, 6) is -0.530. The standard InChI is InChI=1S/C16H16BrN3O2/c1-11(15(21)19-10-12-4-3-7-18-9-12)20-16(22)13-5-2-6-14(17)8-13/h2-9,11H,10H2,1H3,(H,19,21)(H,20,22)/t11-/m0/s1. The van der Waals surface area contributed by atoms with E-state index in [-0.39, 0.29) is 11.8 Å². The van der Waals surface area contributed by atoms with Crippen molar-refractivity contribution in [1.29, 1.82) is 0 Å². The summed E-state index contributed by atoms with van der Waals surface area (Å²) in [5.41, 5.74) is 1.41. The van der Waals surface area contributed by atoms with Crippen molar-refractivity contribution in [2.45, 2.75) is 19.5 Å². The maximum Gasteiger partial charge on any atom is 0.251 e. The fourth-order valence-corrected chi connectivity index (χ4v) is 2.22. The van der Waals surface area contributed by atoms with Crippen molar-refractivity contribution < 1.29 is 9.59 Å². The molecule has 6 heteroatoms. The van der Waals surface area contributed by atoms with Gasteiger partial charge in [0.05, 0.1) is 0 Å². The van der Waals surface area contributed by atoms with Gasteiger partial charge in [-0.05, 0) is 36.8 Å². The quantitative estimate of drug-likeness (QED) is 0.857. The van der Waals surface area contributed by atoms with Gasteiger partial charge >= 0.3 is 0 Å². The third-order valence-corrected chi connectivity index (χ3v) is 3.51. The van der Waals surface area contributed by atoms with E-state index in [0.717, 1.165) is 10.0 Å². The van der Waals surface area contributed by atoms with E-state index in [1.807, 2.05) is 12.1 Å². The van der Waals surface area contributed by atoms with E-state index < -0.39 is 6.04 Å². The number of nitrogens with one attached hydrogen (secondary N) is 2. The number of rotatable bonds is 5. The largest absolute Gasteiger partial charge is 0.350 e. The van der Waals surface area contributed by atoms with Crippen molar-refractivity contribution in [2.24, 2.45) is 0 Å². The summed E-state index contributed by atoms with van der Waals surface area (Å²) >= 11 is 3.31. The molecule has 0 aliphatic rings. The van der Waals surface area contributed by atoms with E-state index in [4.69, 9.17) is 0 Å². The van der Waals surface area contributed by atoms with Crippen LogP contribution < -0.4 is 10.6 Å². The molecule has 0 saturated heterocycles. The first-order valence-corrected chi connectivity index (χ1v) is 7.58. The van der Waals surface area contributed by atoms with Gasteiger partial charge in [0.25, 0.3) is 5.91 Å². The summed E-state index contributed by atoms with van der Waals surface area (Å²) in [7, 11) is 0. The van der Waals surface area contributed by atoms with Gasteiger partial charge in [0, 0.05) is 29.0 Å². The highest BCUT2D eigenvalue weighted by Gasteiger charge is 2.16. The lowest BCUT2D eigenvalue weighted by atomic mass is 10.2. The van der Waals surface area contributed by atoms with Gasteiger partial charge in [-0.1, -0.05) is 28.1 Å². The molecular formula is C16H16BrN3O2. The summed E-state index contributed by atoms with van der Waals surface area (Å²) in [6.45, 7) is 2.03. The molecule has 2 amide bonds. The Bertz CT molecular complexity index is 661. The van der Waals surface area contributed by atoms with Crippen LogP contribution in [0.2, 0.25) is 0 Å². The normalized spacial score (nSPS) is 11.5. The fourth-order valence-electron chi connectivity index (χ4n) is 1.82. The van der Waals surface area contributed by atoms with Gasteiger partial charge in [-0.15, -0.1) is 0 Å². The van der Waals surface area contributed by atoms with E-state index in [1.165, 1.54) is 0 Å². The Morgan fingerprint density at radius 2 is 2.09 bits per heavy atom. The minimum absolute atomic E-state index is 0.243. The number of hydrogen-bond acceptors (Lipinski definition) is 3. The number of benzene rings is 1. The molecule has 2 N–H and O–H groups in total. The van der Waals surface area contributed by atoms with Crippen LogP contribution in [-0.2, 0) is 11.3 Å². The number of aromatic nitrogens is 1. The van der Waals surface area contributed by atoms with Gasteiger partial charge in [-0.25, -0.2) is 0 Å². The zero-order valence-corrected chi connectivity index (χ0v) is 13.6. The first-order valence-electron chi connectivity index (χ1n) is 6.79. The molecule has 2 aromatic rings. The molecule has 0 saturated carbocycles. The number of pyridine rings is 1. The van der Waals surface area contributed by atoms with Crippen LogP contribution in [0.1, 0.15) is 22.8 Å². The first kappa shape index (κ1) is 16.2. The number of halogens is 1. The Morgan fingerprint density at radius 1 is 1.27 bits per heavy atom. The summed E-state index contributed by atoms with van der Waals surface area (Å²) < 4.78 is 0.814. The summed E-state index contributed by atoms with van der Waals surface area (Å²) in [6.07, 6.45) is 3.36. The van der Waals surface area contributed by atoms with Crippen LogP contribution in [0, 0.1) is 0 Å². The molecule has 2 rings (SSSR count). The molecule has 0 spiro atoms. The smallest absolute Gasteiger partial charge is 0.251 e. The van der Waals surface area contributed by atoms with Gasteiger partial charge in [0.15, 0.2) is 0 Å². The second-order valence-corrected chi connectivity index (χ2v) is 5.70. The van der Waals surface area contributed by atoms with Crippen LogP contribution in [0.4, 0.5) is 0 Å². The van der Waals surface area contributed by atoms with Crippen molar-refractivity contribution in [1.82, 2.24) is 15.6 Å². The minimum atomic E-state index is -0.622. The zero-order valence-electron chi connectivity index (χ0n) is 12.0. The summed E-state index contributed by atoms with van der Waals surface area (Å²) in [5, 5.41) is 5.44. The molecule has 0 radical (unpaired) electrons. The van der Waals surface area contributed by atoms with Crippen molar-refractivity contribution in [3.8, 4) is 0 Å². The van der Waals surface area contributed by atoms with Crippen molar-refractivity contribution in [2.75, 3.05) is 0 Å². The lowest BCUT2D eigenvalue weighted by molar-refractivity contribution is -0.122. The third kappa shape index (κ3) is 4.66. The molecule has 1 atom stereocenters. The second-order valence-electron chi connectivity index (χ2n) is 4.78. The highest BCUT2D eigenvalue weighted by molar-refractivity contribution is 9.10. The van der Waals surface area contributed by atoms with Crippen molar-refractivity contribution in [3.05, 3.63) is 64.4 Å². The molecule has 114 valence electrons. The van der Waals surface area contributed by atoms with Gasteiger partial charge in [0.2, 0.25) is 5.91 Å². The average Bonchev–Trinajstić information content (AvgIpc) is 2.53. The lowest BCUT2D eigenvalue weighted by Crippen LogP contribution is -2.44. The highest BCUT2D eigenvalue weighted by Crippen LogP contribution is 2.11. The Labute approximate surface area is 137 Å². The molecule has 0 fully saturated rings. The maximum absolute atomic E-state index is 12.1. The Balaban J connectivity index is 1.87. The Kier molecular flexibility index (Phi) is 5.66. The molecule has 5 nitrogen and oxygen atoms in total. The van der Waals surface area contributed by atoms with Gasteiger partial charge < -0.3 is 10.6 Å². The summed E-state index contributed by atoms with van der Waals surface area (Å²) in [4.78, 5) is 28.0.